The molecular formula is C21H26FNO. The lowest BCUT2D eigenvalue weighted by molar-refractivity contribution is 0.330. The molecular weight excluding hydrogens is 301 g/mol. The minimum Gasteiger partial charge on any atom is -0.489 e. The number of unbranched alkanes of at least 4 members (excludes halogenated alkanes) is 2. The van der Waals surface area contributed by atoms with E-state index in [4.69, 9.17) is 4.74 Å². The van der Waals surface area contributed by atoms with Crippen LogP contribution in [0.2, 0.25) is 0 Å². The van der Waals surface area contributed by atoms with Gasteiger partial charge in [-0.05, 0) is 43.9 Å². The van der Waals surface area contributed by atoms with Crippen molar-refractivity contribution in [1.82, 2.24) is 4.98 Å². The van der Waals surface area contributed by atoms with Crippen molar-refractivity contribution in [1.29, 1.82) is 0 Å². The van der Waals surface area contributed by atoms with Gasteiger partial charge in [-0.2, -0.15) is 0 Å². The molecule has 1 atom stereocenters. The van der Waals surface area contributed by atoms with E-state index in [0.717, 1.165) is 42.6 Å². The highest BCUT2D eigenvalue weighted by molar-refractivity contribution is 5.70. The smallest absolute Gasteiger partial charge is 0.127 e. The van der Waals surface area contributed by atoms with Crippen LogP contribution >= 0.6 is 0 Å². The summed E-state index contributed by atoms with van der Waals surface area (Å²) in [5, 5.41) is 0. The van der Waals surface area contributed by atoms with Gasteiger partial charge < -0.3 is 4.74 Å². The summed E-state index contributed by atoms with van der Waals surface area (Å²) in [5.74, 6) is 0.859. The molecule has 2 aromatic rings. The van der Waals surface area contributed by atoms with Crippen LogP contribution in [0.25, 0.3) is 11.1 Å². The highest BCUT2D eigenvalue weighted by Crippen LogP contribution is 2.31. The van der Waals surface area contributed by atoms with Crippen molar-refractivity contribution in [3.63, 3.8) is 0 Å². The summed E-state index contributed by atoms with van der Waals surface area (Å²) in [6.07, 6.45) is 9.38. The van der Waals surface area contributed by atoms with Crippen LogP contribution in [-0.4, -0.2) is 17.8 Å². The SMILES string of the molecule is C=CCOc1cc(CCCCCC(C)F)ccc1-c1cccnc1. The Balaban J connectivity index is 2.04. The van der Waals surface area contributed by atoms with Crippen LogP contribution in [0.1, 0.15) is 38.2 Å². The average molecular weight is 327 g/mol. The Bertz CT molecular complexity index is 625. The molecule has 1 unspecified atom stereocenters. The van der Waals surface area contributed by atoms with E-state index in [-0.39, 0.29) is 0 Å². The van der Waals surface area contributed by atoms with Gasteiger partial charge in [0.05, 0.1) is 6.17 Å². The number of aromatic nitrogens is 1. The third kappa shape index (κ3) is 5.80. The second kappa shape index (κ2) is 9.86. The molecule has 0 fully saturated rings. The van der Waals surface area contributed by atoms with Crippen LogP contribution < -0.4 is 4.74 Å². The molecule has 1 aromatic heterocycles. The second-order valence-corrected chi connectivity index (χ2v) is 6.05. The molecule has 128 valence electrons. The van der Waals surface area contributed by atoms with E-state index in [9.17, 15) is 4.39 Å². The van der Waals surface area contributed by atoms with Crippen molar-refractivity contribution in [2.45, 2.75) is 45.2 Å². The molecule has 3 heteroatoms. The van der Waals surface area contributed by atoms with E-state index >= 15 is 0 Å². The quantitative estimate of drug-likeness (QED) is 0.408. The number of rotatable bonds is 10. The van der Waals surface area contributed by atoms with Gasteiger partial charge in [0.15, 0.2) is 0 Å². The first-order valence-electron chi connectivity index (χ1n) is 8.62. The normalized spacial score (nSPS) is 11.9. The number of hydrogen-bond donors (Lipinski definition) is 0. The molecule has 0 N–H and O–H groups in total. The Morgan fingerprint density at radius 3 is 2.83 bits per heavy atom. The summed E-state index contributed by atoms with van der Waals surface area (Å²) >= 11 is 0. The molecule has 0 aliphatic heterocycles. The number of pyridine rings is 1. The standard InChI is InChI=1S/C21H26FNO/c1-3-14-24-21-15-18(9-6-4-5-8-17(2)22)11-12-20(21)19-10-7-13-23-16-19/h3,7,10-13,15-17H,1,4-6,8-9,14H2,2H3. The molecule has 24 heavy (non-hydrogen) atoms. The lowest BCUT2D eigenvalue weighted by Crippen LogP contribution is -1.97. The maximum Gasteiger partial charge on any atom is 0.127 e. The maximum atomic E-state index is 12.8. The summed E-state index contributed by atoms with van der Waals surface area (Å²) in [5.41, 5.74) is 3.33. The van der Waals surface area contributed by atoms with Crippen LogP contribution in [0.15, 0.2) is 55.4 Å². The van der Waals surface area contributed by atoms with Crippen molar-refractivity contribution in [2.75, 3.05) is 6.61 Å². The highest BCUT2D eigenvalue weighted by Gasteiger charge is 2.08. The minimum atomic E-state index is -0.692. The molecule has 0 saturated heterocycles. The Morgan fingerprint density at radius 2 is 2.12 bits per heavy atom. The molecule has 0 radical (unpaired) electrons. The molecule has 1 heterocycles. The van der Waals surface area contributed by atoms with Crippen LogP contribution in [-0.2, 0) is 6.42 Å². The first-order chi connectivity index (χ1) is 11.7. The van der Waals surface area contributed by atoms with Gasteiger partial charge in [-0.3, -0.25) is 4.98 Å². The second-order valence-electron chi connectivity index (χ2n) is 6.05. The van der Waals surface area contributed by atoms with Crippen molar-refractivity contribution in [2.24, 2.45) is 0 Å². The van der Waals surface area contributed by atoms with Gasteiger partial charge >= 0.3 is 0 Å². The lowest BCUT2D eigenvalue weighted by atomic mass is 10.0. The molecule has 2 rings (SSSR count). The summed E-state index contributed by atoms with van der Waals surface area (Å²) in [7, 11) is 0. The summed E-state index contributed by atoms with van der Waals surface area (Å²) in [4.78, 5) is 4.18. The zero-order valence-corrected chi connectivity index (χ0v) is 14.4. The van der Waals surface area contributed by atoms with Crippen molar-refractivity contribution >= 4 is 0 Å². The summed E-state index contributed by atoms with van der Waals surface area (Å²) < 4.78 is 18.6. The Hall–Kier alpha value is -2.16. The number of hydrogen-bond acceptors (Lipinski definition) is 2. The fourth-order valence-corrected chi connectivity index (χ4v) is 2.68. The predicted molar refractivity (Wildman–Crippen MR) is 98.1 cm³/mol. The van der Waals surface area contributed by atoms with Crippen molar-refractivity contribution < 1.29 is 9.13 Å². The molecule has 0 amide bonds. The van der Waals surface area contributed by atoms with Gasteiger partial charge in [0.1, 0.15) is 12.4 Å². The van der Waals surface area contributed by atoms with E-state index in [1.807, 2.05) is 18.3 Å². The lowest BCUT2D eigenvalue weighted by Gasteiger charge is -2.12. The molecule has 0 spiro atoms. The zero-order chi connectivity index (χ0) is 17.2. The fourth-order valence-electron chi connectivity index (χ4n) is 2.68. The first-order valence-corrected chi connectivity index (χ1v) is 8.62. The van der Waals surface area contributed by atoms with Crippen molar-refractivity contribution in [3.05, 3.63) is 60.9 Å². The van der Waals surface area contributed by atoms with Gasteiger partial charge in [0, 0.05) is 23.5 Å². The molecule has 0 bridgehead atoms. The average Bonchev–Trinajstić information content (AvgIpc) is 2.60. The number of halogens is 1. The molecule has 0 saturated carbocycles. The predicted octanol–water partition coefficient (Wildman–Crippen LogP) is 5.77. The monoisotopic (exact) mass is 327 g/mol. The van der Waals surface area contributed by atoms with E-state index in [0.29, 0.717) is 13.0 Å². The maximum absolute atomic E-state index is 12.8. The Kier molecular flexibility index (Phi) is 7.47. The van der Waals surface area contributed by atoms with Crippen LogP contribution in [0.3, 0.4) is 0 Å². The third-order valence-corrected chi connectivity index (χ3v) is 3.94. The molecule has 0 aliphatic carbocycles. The number of aryl methyl sites for hydroxylation is 1. The van der Waals surface area contributed by atoms with E-state index < -0.39 is 6.17 Å². The highest BCUT2D eigenvalue weighted by atomic mass is 19.1. The van der Waals surface area contributed by atoms with Crippen molar-refractivity contribution in [3.8, 4) is 16.9 Å². The fraction of sp³-hybridized carbons (Fsp3) is 0.381. The van der Waals surface area contributed by atoms with E-state index in [1.54, 1.807) is 19.2 Å². The van der Waals surface area contributed by atoms with Crippen LogP contribution in [0, 0.1) is 0 Å². The Labute approximate surface area is 144 Å². The number of benzene rings is 1. The van der Waals surface area contributed by atoms with Gasteiger partial charge in [-0.25, -0.2) is 4.39 Å². The topological polar surface area (TPSA) is 22.1 Å². The number of nitrogens with zero attached hydrogens (tertiary/aromatic N) is 1. The van der Waals surface area contributed by atoms with Crippen LogP contribution in [0.5, 0.6) is 5.75 Å². The van der Waals surface area contributed by atoms with Gasteiger partial charge in [0.25, 0.3) is 0 Å². The van der Waals surface area contributed by atoms with Gasteiger partial charge in [-0.15, -0.1) is 0 Å². The van der Waals surface area contributed by atoms with Crippen LogP contribution in [0.4, 0.5) is 4.39 Å². The Morgan fingerprint density at radius 1 is 1.25 bits per heavy atom. The summed E-state index contributed by atoms with van der Waals surface area (Å²) in [6.45, 7) is 5.82. The largest absolute Gasteiger partial charge is 0.489 e. The molecule has 2 nitrogen and oxygen atoms in total. The number of alkyl halides is 1. The molecule has 0 aliphatic rings. The summed E-state index contributed by atoms with van der Waals surface area (Å²) in [6, 6.07) is 10.3. The van der Waals surface area contributed by atoms with Gasteiger partial charge in [-0.1, -0.05) is 43.7 Å². The third-order valence-electron chi connectivity index (χ3n) is 3.94. The van der Waals surface area contributed by atoms with E-state index in [2.05, 4.69) is 29.8 Å². The minimum absolute atomic E-state index is 0.477. The van der Waals surface area contributed by atoms with Gasteiger partial charge in [0.2, 0.25) is 0 Å². The zero-order valence-electron chi connectivity index (χ0n) is 14.4. The molecule has 1 aromatic carbocycles. The number of ether oxygens (including phenoxy) is 1. The van der Waals surface area contributed by atoms with E-state index in [1.165, 1.54) is 5.56 Å². The first kappa shape index (κ1) is 18.2.